The standard InChI is InChI=1S/C22H27BrN2O4/c1-22(2,3)29-21(27)24-13-15-6-8-16(9-7-15)20(26)25(4)14-17-12-18(23)10-11-19(17)28-5/h6-12H,13-14H2,1-5H3,(H,24,27). The fourth-order valence-corrected chi connectivity index (χ4v) is 3.08. The lowest BCUT2D eigenvalue weighted by molar-refractivity contribution is 0.0523. The van der Waals surface area contributed by atoms with Crippen molar-refractivity contribution in [3.63, 3.8) is 0 Å². The van der Waals surface area contributed by atoms with Crippen LogP contribution in [0.5, 0.6) is 5.75 Å². The van der Waals surface area contributed by atoms with Crippen LogP contribution in [0.3, 0.4) is 0 Å². The van der Waals surface area contributed by atoms with Gasteiger partial charge in [0.2, 0.25) is 0 Å². The lowest BCUT2D eigenvalue weighted by Gasteiger charge is -2.20. The Balaban J connectivity index is 1.97. The van der Waals surface area contributed by atoms with E-state index in [0.29, 0.717) is 18.7 Å². The van der Waals surface area contributed by atoms with Gasteiger partial charge in [-0.1, -0.05) is 28.1 Å². The fourth-order valence-electron chi connectivity index (χ4n) is 2.67. The molecule has 0 saturated heterocycles. The Morgan fingerprint density at radius 2 is 1.76 bits per heavy atom. The second-order valence-electron chi connectivity index (χ2n) is 7.67. The number of benzene rings is 2. The number of halogens is 1. The number of amides is 2. The van der Waals surface area contributed by atoms with Crippen LogP contribution in [-0.2, 0) is 17.8 Å². The first-order chi connectivity index (χ1) is 13.6. The Hall–Kier alpha value is -2.54. The number of carbonyl (C=O) groups excluding carboxylic acids is 2. The Morgan fingerprint density at radius 3 is 2.34 bits per heavy atom. The van der Waals surface area contributed by atoms with E-state index in [1.165, 1.54) is 0 Å². The average molecular weight is 463 g/mol. The normalized spacial score (nSPS) is 11.0. The summed E-state index contributed by atoms with van der Waals surface area (Å²) < 4.78 is 11.5. The molecule has 0 unspecified atom stereocenters. The quantitative estimate of drug-likeness (QED) is 0.671. The number of alkyl carbamates (subject to hydrolysis) is 1. The fraction of sp³-hybridized carbons (Fsp3) is 0.364. The summed E-state index contributed by atoms with van der Waals surface area (Å²) in [6.07, 6.45) is -0.472. The van der Waals surface area contributed by atoms with E-state index < -0.39 is 11.7 Å². The number of rotatable bonds is 6. The molecule has 2 amide bonds. The van der Waals surface area contributed by atoms with Gasteiger partial charge in [0.25, 0.3) is 5.91 Å². The summed E-state index contributed by atoms with van der Waals surface area (Å²) in [4.78, 5) is 26.1. The van der Waals surface area contributed by atoms with Crippen LogP contribution in [0.2, 0.25) is 0 Å². The first kappa shape index (κ1) is 22.7. The zero-order chi connectivity index (χ0) is 21.6. The van der Waals surface area contributed by atoms with Crippen LogP contribution in [0.25, 0.3) is 0 Å². The van der Waals surface area contributed by atoms with Gasteiger partial charge in [0.15, 0.2) is 0 Å². The van der Waals surface area contributed by atoms with Gasteiger partial charge in [-0.15, -0.1) is 0 Å². The van der Waals surface area contributed by atoms with Gasteiger partial charge < -0.3 is 19.7 Å². The number of carbonyl (C=O) groups is 2. The summed E-state index contributed by atoms with van der Waals surface area (Å²) in [5, 5.41) is 2.70. The van der Waals surface area contributed by atoms with Gasteiger partial charge in [0.05, 0.1) is 7.11 Å². The molecule has 2 rings (SSSR count). The molecular formula is C22H27BrN2O4. The van der Waals surface area contributed by atoms with Crippen molar-refractivity contribution in [1.82, 2.24) is 10.2 Å². The van der Waals surface area contributed by atoms with E-state index in [1.54, 1.807) is 31.2 Å². The van der Waals surface area contributed by atoms with E-state index in [-0.39, 0.29) is 5.91 Å². The third-order valence-electron chi connectivity index (χ3n) is 4.03. The predicted molar refractivity (Wildman–Crippen MR) is 116 cm³/mol. The summed E-state index contributed by atoms with van der Waals surface area (Å²) >= 11 is 3.45. The number of methoxy groups -OCH3 is 1. The topological polar surface area (TPSA) is 67.9 Å². The summed E-state index contributed by atoms with van der Waals surface area (Å²) in [6, 6.07) is 12.8. The van der Waals surface area contributed by atoms with Crippen LogP contribution in [0.15, 0.2) is 46.9 Å². The first-order valence-corrected chi connectivity index (χ1v) is 10.0. The SMILES string of the molecule is COc1ccc(Br)cc1CN(C)C(=O)c1ccc(CNC(=O)OC(C)(C)C)cc1. The molecule has 0 aliphatic carbocycles. The van der Waals surface area contributed by atoms with Gasteiger partial charge >= 0.3 is 6.09 Å². The van der Waals surface area contributed by atoms with E-state index in [4.69, 9.17) is 9.47 Å². The van der Waals surface area contributed by atoms with Crippen molar-refractivity contribution in [2.24, 2.45) is 0 Å². The van der Waals surface area contributed by atoms with Gasteiger partial charge in [0, 0.05) is 35.7 Å². The molecule has 0 atom stereocenters. The Labute approximate surface area is 180 Å². The molecule has 2 aromatic rings. The molecule has 0 aromatic heterocycles. The average Bonchev–Trinajstić information content (AvgIpc) is 2.65. The lowest BCUT2D eigenvalue weighted by Crippen LogP contribution is -2.32. The third-order valence-corrected chi connectivity index (χ3v) is 4.53. The summed E-state index contributed by atoms with van der Waals surface area (Å²) in [6.45, 7) is 6.19. The van der Waals surface area contributed by atoms with E-state index in [2.05, 4.69) is 21.2 Å². The maximum absolute atomic E-state index is 12.8. The molecule has 0 radical (unpaired) electrons. The molecule has 0 aliphatic rings. The smallest absolute Gasteiger partial charge is 0.407 e. The molecular weight excluding hydrogens is 436 g/mol. The van der Waals surface area contributed by atoms with E-state index in [9.17, 15) is 9.59 Å². The summed E-state index contributed by atoms with van der Waals surface area (Å²) in [5.41, 5.74) is 1.82. The highest BCUT2D eigenvalue weighted by Crippen LogP contribution is 2.24. The van der Waals surface area contributed by atoms with Crippen LogP contribution in [-0.4, -0.2) is 36.7 Å². The highest BCUT2D eigenvalue weighted by molar-refractivity contribution is 9.10. The lowest BCUT2D eigenvalue weighted by atomic mass is 10.1. The molecule has 2 aromatic carbocycles. The number of hydrogen-bond acceptors (Lipinski definition) is 4. The van der Waals surface area contributed by atoms with Crippen molar-refractivity contribution in [2.75, 3.05) is 14.2 Å². The van der Waals surface area contributed by atoms with Gasteiger partial charge in [-0.25, -0.2) is 4.79 Å². The van der Waals surface area contributed by atoms with E-state index >= 15 is 0 Å². The minimum Gasteiger partial charge on any atom is -0.496 e. The Kier molecular flexibility index (Phi) is 7.67. The highest BCUT2D eigenvalue weighted by atomic mass is 79.9. The molecule has 0 heterocycles. The molecule has 0 spiro atoms. The second kappa shape index (κ2) is 9.78. The number of ether oxygens (including phenoxy) is 2. The van der Waals surface area contributed by atoms with Crippen molar-refractivity contribution in [2.45, 2.75) is 39.5 Å². The molecule has 0 saturated carbocycles. The van der Waals surface area contributed by atoms with Gasteiger partial charge in [0.1, 0.15) is 11.4 Å². The van der Waals surface area contributed by atoms with Crippen molar-refractivity contribution in [3.8, 4) is 5.75 Å². The maximum Gasteiger partial charge on any atom is 0.407 e. The largest absolute Gasteiger partial charge is 0.496 e. The minimum atomic E-state index is -0.540. The van der Waals surface area contributed by atoms with Crippen LogP contribution in [0.1, 0.15) is 42.3 Å². The monoisotopic (exact) mass is 462 g/mol. The first-order valence-electron chi connectivity index (χ1n) is 9.22. The molecule has 6 nitrogen and oxygen atoms in total. The predicted octanol–water partition coefficient (Wildman–Crippen LogP) is 4.75. The van der Waals surface area contributed by atoms with E-state index in [0.717, 1.165) is 21.3 Å². The van der Waals surface area contributed by atoms with Crippen LogP contribution in [0, 0.1) is 0 Å². The van der Waals surface area contributed by atoms with Crippen molar-refractivity contribution < 1.29 is 19.1 Å². The van der Waals surface area contributed by atoms with Crippen molar-refractivity contribution in [3.05, 3.63) is 63.6 Å². The van der Waals surface area contributed by atoms with Gasteiger partial charge in [-0.05, 0) is 56.7 Å². The third kappa shape index (κ3) is 7.09. The van der Waals surface area contributed by atoms with Crippen molar-refractivity contribution in [1.29, 1.82) is 0 Å². The zero-order valence-corrected chi connectivity index (χ0v) is 19.0. The zero-order valence-electron chi connectivity index (χ0n) is 17.4. The minimum absolute atomic E-state index is 0.0984. The van der Waals surface area contributed by atoms with Crippen molar-refractivity contribution >= 4 is 27.9 Å². The van der Waals surface area contributed by atoms with Gasteiger partial charge in [-0.3, -0.25) is 4.79 Å². The second-order valence-corrected chi connectivity index (χ2v) is 8.59. The van der Waals surface area contributed by atoms with Crippen LogP contribution < -0.4 is 10.1 Å². The maximum atomic E-state index is 12.8. The summed E-state index contributed by atoms with van der Waals surface area (Å²) in [5.74, 6) is 0.634. The molecule has 1 N–H and O–H groups in total. The van der Waals surface area contributed by atoms with E-state index in [1.807, 2.05) is 51.1 Å². The molecule has 7 heteroatoms. The Bertz CT molecular complexity index is 860. The molecule has 156 valence electrons. The van der Waals surface area contributed by atoms with Gasteiger partial charge in [-0.2, -0.15) is 0 Å². The number of nitrogens with one attached hydrogen (secondary N) is 1. The molecule has 0 aliphatic heterocycles. The molecule has 0 fully saturated rings. The Morgan fingerprint density at radius 1 is 1.10 bits per heavy atom. The number of nitrogens with zero attached hydrogens (tertiary/aromatic N) is 1. The number of hydrogen-bond donors (Lipinski definition) is 1. The van der Waals surface area contributed by atoms with Crippen LogP contribution >= 0.6 is 15.9 Å². The molecule has 29 heavy (non-hydrogen) atoms. The highest BCUT2D eigenvalue weighted by Gasteiger charge is 2.17. The molecule has 0 bridgehead atoms. The summed E-state index contributed by atoms with van der Waals surface area (Å²) in [7, 11) is 3.36. The van der Waals surface area contributed by atoms with Crippen LogP contribution in [0.4, 0.5) is 4.79 Å².